The number of nitrogens with one attached hydrogen (secondary N) is 2. The Hall–Kier alpha value is -1.36. The molecule has 11 heavy (non-hydrogen) atoms. The van der Waals surface area contributed by atoms with Crippen LogP contribution in [0.4, 0.5) is 0 Å². The van der Waals surface area contributed by atoms with Gasteiger partial charge in [-0.3, -0.25) is 14.6 Å². The van der Waals surface area contributed by atoms with E-state index in [4.69, 9.17) is 11.6 Å². The highest BCUT2D eigenvalue weighted by molar-refractivity contribution is 6.32. The summed E-state index contributed by atoms with van der Waals surface area (Å²) < 4.78 is 0. The highest BCUT2D eigenvalue weighted by Gasteiger charge is 2.03. The fourth-order valence-corrected chi connectivity index (χ4v) is 0.709. The number of H-pyrrole nitrogens is 2. The summed E-state index contributed by atoms with van der Waals surface area (Å²) in [5, 5.41) is -0.306. The Labute approximate surface area is 65.0 Å². The summed E-state index contributed by atoms with van der Waals surface area (Å²) in [5.74, 6) is 0. The van der Waals surface area contributed by atoms with E-state index >= 15 is 0 Å². The van der Waals surface area contributed by atoms with Gasteiger partial charge in [-0.1, -0.05) is 11.6 Å². The van der Waals surface area contributed by atoms with Gasteiger partial charge in [0.1, 0.15) is 10.7 Å². The van der Waals surface area contributed by atoms with Crippen LogP contribution in [0.1, 0.15) is 10.5 Å². The molecule has 0 fully saturated rings. The van der Waals surface area contributed by atoms with Crippen LogP contribution in [0.3, 0.4) is 0 Å². The quantitative estimate of drug-likeness (QED) is 0.565. The summed E-state index contributed by atoms with van der Waals surface area (Å²) in [6.07, 6.45) is 0.305. The van der Waals surface area contributed by atoms with Gasteiger partial charge in [0.15, 0.2) is 6.29 Å². The van der Waals surface area contributed by atoms with Crippen LogP contribution in [0.15, 0.2) is 9.59 Å². The van der Waals surface area contributed by atoms with Crippen molar-refractivity contribution >= 4 is 17.9 Å². The van der Waals surface area contributed by atoms with Crippen LogP contribution in [0.2, 0.25) is 5.02 Å². The first-order valence-electron chi connectivity index (χ1n) is 2.62. The van der Waals surface area contributed by atoms with Crippen LogP contribution in [-0.2, 0) is 0 Å². The van der Waals surface area contributed by atoms with Gasteiger partial charge < -0.3 is 4.98 Å². The third kappa shape index (κ3) is 1.38. The lowest BCUT2D eigenvalue weighted by Gasteiger charge is -1.90. The van der Waals surface area contributed by atoms with Crippen molar-refractivity contribution in [3.63, 3.8) is 0 Å². The van der Waals surface area contributed by atoms with Gasteiger partial charge in [-0.2, -0.15) is 0 Å². The van der Waals surface area contributed by atoms with Crippen molar-refractivity contribution in [3.05, 3.63) is 31.6 Å². The predicted octanol–water partition coefficient (Wildman–Crippen LogP) is -0.471. The molecule has 0 radical (unpaired) electrons. The maximum absolute atomic E-state index is 10.7. The van der Waals surface area contributed by atoms with E-state index in [-0.39, 0.29) is 10.7 Å². The summed E-state index contributed by atoms with van der Waals surface area (Å²) >= 11 is 5.32. The Morgan fingerprint density at radius 1 is 1.27 bits per heavy atom. The lowest BCUT2D eigenvalue weighted by Crippen LogP contribution is -2.24. The van der Waals surface area contributed by atoms with Crippen LogP contribution < -0.4 is 11.2 Å². The van der Waals surface area contributed by atoms with Crippen LogP contribution in [0.25, 0.3) is 0 Å². The van der Waals surface area contributed by atoms with E-state index in [1.807, 2.05) is 4.98 Å². The average molecular weight is 175 g/mol. The minimum absolute atomic E-state index is 0.208. The number of aromatic nitrogens is 2. The summed E-state index contributed by atoms with van der Waals surface area (Å²) in [4.78, 5) is 35.2. The summed E-state index contributed by atoms with van der Waals surface area (Å²) in [7, 11) is 0. The van der Waals surface area contributed by atoms with Crippen LogP contribution in [0.5, 0.6) is 0 Å². The minimum Gasteiger partial charge on any atom is -0.303 e. The molecule has 1 aromatic heterocycles. The molecule has 0 aromatic carbocycles. The van der Waals surface area contributed by atoms with E-state index < -0.39 is 11.2 Å². The largest absolute Gasteiger partial charge is 0.326 e. The smallest absolute Gasteiger partial charge is 0.303 e. The molecule has 0 bridgehead atoms. The van der Waals surface area contributed by atoms with E-state index in [2.05, 4.69) is 4.98 Å². The highest BCUT2D eigenvalue weighted by Crippen LogP contribution is 2.00. The number of carbonyl (C=O) groups excluding carboxylic acids is 1. The van der Waals surface area contributed by atoms with E-state index in [1.165, 1.54) is 0 Å². The lowest BCUT2D eigenvalue weighted by atomic mass is 10.4. The minimum atomic E-state index is -0.766. The van der Waals surface area contributed by atoms with Crippen molar-refractivity contribution in [3.8, 4) is 0 Å². The Balaban J connectivity index is 3.61. The molecule has 0 unspecified atom stereocenters. The molecule has 0 aliphatic heterocycles. The van der Waals surface area contributed by atoms with E-state index in [0.717, 1.165) is 0 Å². The molecule has 0 spiro atoms. The van der Waals surface area contributed by atoms with E-state index in [0.29, 0.717) is 6.29 Å². The van der Waals surface area contributed by atoms with Crippen LogP contribution in [0, 0.1) is 0 Å². The molecule has 58 valence electrons. The fourth-order valence-electron chi connectivity index (χ4n) is 0.570. The van der Waals surface area contributed by atoms with Crippen LogP contribution in [-0.4, -0.2) is 16.3 Å². The molecular formula is C5H3ClN2O3. The van der Waals surface area contributed by atoms with E-state index in [9.17, 15) is 14.4 Å². The highest BCUT2D eigenvalue weighted by atomic mass is 35.5. The number of hydrogen-bond acceptors (Lipinski definition) is 3. The third-order valence-corrected chi connectivity index (χ3v) is 1.40. The zero-order chi connectivity index (χ0) is 8.43. The normalized spacial score (nSPS) is 9.55. The molecule has 0 aliphatic rings. The molecule has 0 saturated carbocycles. The van der Waals surface area contributed by atoms with Gasteiger partial charge in [0.25, 0.3) is 5.56 Å². The number of aromatic amines is 2. The molecule has 0 atom stereocenters. The monoisotopic (exact) mass is 174 g/mol. The van der Waals surface area contributed by atoms with Crippen molar-refractivity contribution in [1.29, 1.82) is 0 Å². The van der Waals surface area contributed by atoms with Gasteiger partial charge in [0, 0.05) is 0 Å². The average Bonchev–Trinajstić information content (AvgIpc) is 1.96. The first-order chi connectivity index (χ1) is 5.15. The van der Waals surface area contributed by atoms with Gasteiger partial charge in [-0.15, -0.1) is 0 Å². The van der Waals surface area contributed by atoms with Gasteiger partial charge in [0.2, 0.25) is 0 Å². The van der Waals surface area contributed by atoms with Crippen molar-refractivity contribution in [2.45, 2.75) is 0 Å². The molecule has 5 nitrogen and oxygen atoms in total. The fraction of sp³-hybridized carbons (Fsp3) is 0. The SMILES string of the molecule is O=Cc1[nH]c(=O)[nH]c(=O)c1Cl. The molecular weight excluding hydrogens is 172 g/mol. The zero-order valence-corrected chi connectivity index (χ0v) is 5.94. The summed E-state index contributed by atoms with van der Waals surface area (Å²) in [6.45, 7) is 0. The predicted molar refractivity (Wildman–Crippen MR) is 38.1 cm³/mol. The summed E-state index contributed by atoms with van der Waals surface area (Å²) in [6, 6.07) is 0. The van der Waals surface area contributed by atoms with Gasteiger partial charge in [-0.25, -0.2) is 4.79 Å². The first kappa shape index (κ1) is 7.74. The molecule has 1 heterocycles. The number of rotatable bonds is 1. The molecule has 1 aromatic rings. The molecule has 0 aliphatic carbocycles. The van der Waals surface area contributed by atoms with Gasteiger partial charge in [-0.05, 0) is 0 Å². The molecule has 1 rings (SSSR count). The lowest BCUT2D eigenvalue weighted by molar-refractivity contribution is 0.111. The van der Waals surface area contributed by atoms with Crippen molar-refractivity contribution < 1.29 is 4.79 Å². The van der Waals surface area contributed by atoms with Crippen molar-refractivity contribution in [2.24, 2.45) is 0 Å². The maximum atomic E-state index is 10.7. The van der Waals surface area contributed by atoms with Crippen molar-refractivity contribution in [1.82, 2.24) is 9.97 Å². The summed E-state index contributed by atoms with van der Waals surface area (Å²) in [5.41, 5.74) is -1.72. The molecule has 0 amide bonds. The molecule has 0 saturated heterocycles. The topological polar surface area (TPSA) is 82.8 Å². The number of halogens is 1. The van der Waals surface area contributed by atoms with E-state index in [1.54, 1.807) is 0 Å². The Bertz CT molecular complexity index is 391. The zero-order valence-electron chi connectivity index (χ0n) is 5.18. The molecule has 2 N–H and O–H groups in total. The number of carbonyl (C=O) groups is 1. The third-order valence-electron chi connectivity index (χ3n) is 1.03. The van der Waals surface area contributed by atoms with Gasteiger partial charge in [0.05, 0.1) is 0 Å². The van der Waals surface area contributed by atoms with Crippen LogP contribution >= 0.6 is 11.6 Å². The Morgan fingerprint density at radius 3 is 2.45 bits per heavy atom. The number of aldehydes is 1. The maximum Gasteiger partial charge on any atom is 0.326 e. The standard InChI is InChI=1S/C5H3ClN2O3/c6-3-2(1-9)7-5(11)8-4(3)10/h1H,(H2,7,8,10,11). The second-order valence-corrected chi connectivity index (χ2v) is 2.13. The van der Waals surface area contributed by atoms with Crippen molar-refractivity contribution in [2.75, 3.05) is 0 Å². The van der Waals surface area contributed by atoms with Gasteiger partial charge >= 0.3 is 5.69 Å². The number of hydrogen-bond donors (Lipinski definition) is 2. The first-order valence-corrected chi connectivity index (χ1v) is 3.00. The Morgan fingerprint density at radius 2 is 1.91 bits per heavy atom. The molecule has 6 heteroatoms. The Kier molecular flexibility index (Phi) is 1.91. The second kappa shape index (κ2) is 2.71. The second-order valence-electron chi connectivity index (χ2n) is 1.75.